The molecule has 0 bridgehead atoms. The fraction of sp³-hybridized carbons (Fsp3) is 0. The molecule has 0 amide bonds. The number of hydrogen-bond donors (Lipinski definition) is 0. The first kappa shape index (κ1) is 12.1. The van der Waals surface area contributed by atoms with Crippen molar-refractivity contribution < 1.29 is 0 Å². The van der Waals surface area contributed by atoms with E-state index in [0.29, 0.717) is 0 Å². The van der Waals surface area contributed by atoms with Crippen LogP contribution in [0.4, 0.5) is 0 Å². The van der Waals surface area contributed by atoms with Crippen LogP contribution in [0, 0.1) is 0 Å². The molecule has 4 aromatic rings. The molecule has 0 saturated carbocycles. The Hall–Kier alpha value is -1.64. The molecule has 0 atom stereocenters. The van der Waals surface area contributed by atoms with Gasteiger partial charge in [-0.1, -0.05) is 54.6 Å². The minimum atomic E-state index is 1.20. The number of hydrogen-bond acceptors (Lipinski definition) is 1. The number of halogens is 1. The summed E-state index contributed by atoms with van der Waals surface area (Å²) in [6, 6.07) is 23.7. The summed E-state index contributed by atoms with van der Waals surface area (Å²) in [6.07, 6.45) is 0. The third kappa shape index (κ3) is 1.88. The Balaban J connectivity index is 2.03. The summed E-state index contributed by atoms with van der Waals surface area (Å²) < 4.78 is 2.52. The summed E-state index contributed by atoms with van der Waals surface area (Å²) in [6.45, 7) is 0. The monoisotopic (exact) mass is 338 g/mol. The first-order valence-electron chi connectivity index (χ1n) is 6.49. The number of benzene rings is 3. The summed E-state index contributed by atoms with van der Waals surface area (Å²) >= 11 is 5.52. The van der Waals surface area contributed by atoms with Crippen LogP contribution in [-0.4, -0.2) is 0 Å². The molecule has 0 aliphatic rings. The third-order valence-corrected chi connectivity index (χ3v) is 5.43. The van der Waals surface area contributed by atoms with Crippen molar-refractivity contribution in [2.75, 3.05) is 0 Å². The standard InChI is InChI=1S/C18H11BrS/c19-18-17(15-7-3-4-8-16(15)20-18)14-10-9-12-5-1-2-6-13(12)11-14/h1-11H. The van der Waals surface area contributed by atoms with Crippen molar-refractivity contribution in [1.29, 1.82) is 0 Å². The van der Waals surface area contributed by atoms with Crippen molar-refractivity contribution in [2.45, 2.75) is 0 Å². The summed E-state index contributed by atoms with van der Waals surface area (Å²) in [5.41, 5.74) is 2.57. The molecule has 0 nitrogen and oxygen atoms in total. The number of thiophene rings is 1. The second kappa shape index (κ2) is 4.72. The summed E-state index contributed by atoms with van der Waals surface area (Å²) in [7, 11) is 0. The molecular weight excluding hydrogens is 328 g/mol. The Bertz CT molecular complexity index is 921. The second-order valence-corrected chi connectivity index (χ2v) is 7.18. The van der Waals surface area contributed by atoms with Gasteiger partial charge in [0.25, 0.3) is 0 Å². The van der Waals surface area contributed by atoms with Crippen LogP contribution in [0.15, 0.2) is 70.5 Å². The van der Waals surface area contributed by atoms with Crippen molar-refractivity contribution >= 4 is 48.1 Å². The quantitative estimate of drug-likeness (QED) is 0.372. The van der Waals surface area contributed by atoms with Crippen LogP contribution in [0.3, 0.4) is 0 Å². The predicted molar refractivity (Wildman–Crippen MR) is 92.5 cm³/mol. The average molecular weight is 339 g/mol. The van der Waals surface area contributed by atoms with Gasteiger partial charge in [0.15, 0.2) is 0 Å². The van der Waals surface area contributed by atoms with E-state index in [-0.39, 0.29) is 0 Å². The normalized spacial score (nSPS) is 11.2. The van der Waals surface area contributed by atoms with Crippen LogP contribution in [0.25, 0.3) is 32.0 Å². The van der Waals surface area contributed by atoms with E-state index in [2.05, 4.69) is 82.7 Å². The second-order valence-electron chi connectivity index (χ2n) is 4.81. The average Bonchev–Trinajstić information content (AvgIpc) is 2.82. The number of fused-ring (bicyclic) bond motifs is 2. The Morgan fingerprint density at radius 2 is 1.50 bits per heavy atom. The van der Waals surface area contributed by atoms with E-state index < -0.39 is 0 Å². The molecule has 4 rings (SSSR count). The zero-order valence-electron chi connectivity index (χ0n) is 10.6. The Morgan fingerprint density at radius 3 is 2.40 bits per heavy atom. The van der Waals surface area contributed by atoms with Crippen LogP contribution in [-0.2, 0) is 0 Å². The van der Waals surface area contributed by atoms with Crippen molar-refractivity contribution in [1.82, 2.24) is 0 Å². The van der Waals surface area contributed by atoms with E-state index in [4.69, 9.17) is 0 Å². The molecule has 3 aromatic carbocycles. The van der Waals surface area contributed by atoms with Gasteiger partial charge in [-0.25, -0.2) is 0 Å². The molecule has 2 heteroatoms. The van der Waals surface area contributed by atoms with Gasteiger partial charge in [-0.15, -0.1) is 11.3 Å². The van der Waals surface area contributed by atoms with Gasteiger partial charge in [-0.2, -0.15) is 0 Å². The summed E-state index contributed by atoms with van der Waals surface area (Å²) in [5.74, 6) is 0. The van der Waals surface area contributed by atoms with E-state index >= 15 is 0 Å². The van der Waals surface area contributed by atoms with Crippen molar-refractivity contribution in [3.8, 4) is 11.1 Å². The molecule has 0 saturated heterocycles. The smallest absolute Gasteiger partial charge is 0.0789 e. The van der Waals surface area contributed by atoms with Crippen LogP contribution >= 0.6 is 27.3 Å². The van der Waals surface area contributed by atoms with E-state index in [1.165, 1.54) is 35.8 Å². The minimum Gasteiger partial charge on any atom is -0.128 e. The predicted octanol–water partition coefficient (Wildman–Crippen LogP) is 6.48. The molecule has 96 valence electrons. The maximum absolute atomic E-state index is 3.73. The minimum absolute atomic E-state index is 1.20. The van der Waals surface area contributed by atoms with Crippen molar-refractivity contribution in [2.24, 2.45) is 0 Å². The Labute approximate surface area is 129 Å². The molecule has 0 aliphatic carbocycles. The lowest BCUT2D eigenvalue weighted by atomic mass is 10.0. The van der Waals surface area contributed by atoms with Gasteiger partial charge < -0.3 is 0 Å². The Kier molecular flexibility index (Phi) is 2.86. The van der Waals surface area contributed by atoms with E-state index in [0.717, 1.165) is 0 Å². The molecule has 20 heavy (non-hydrogen) atoms. The zero-order valence-corrected chi connectivity index (χ0v) is 13.0. The lowest BCUT2D eigenvalue weighted by molar-refractivity contribution is 1.71. The van der Waals surface area contributed by atoms with Gasteiger partial charge in [-0.3, -0.25) is 0 Å². The fourth-order valence-electron chi connectivity index (χ4n) is 2.63. The molecule has 0 fully saturated rings. The highest BCUT2D eigenvalue weighted by Crippen LogP contribution is 2.42. The van der Waals surface area contributed by atoms with Crippen LogP contribution in [0.2, 0.25) is 0 Å². The summed E-state index contributed by atoms with van der Waals surface area (Å²) in [5, 5.41) is 3.89. The molecule has 1 aromatic heterocycles. The van der Waals surface area contributed by atoms with Gasteiger partial charge in [-0.05, 0) is 44.4 Å². The molecule has 0 aliphatic heterocycles. The van der Waals surface area contributed by atoms with E-state index in [1.807, 2.05) is 0 Å². The van der Waals surface area contributed by atoms with Crippen LogP contribution in [0.1, 0.15) is 0 Å². The van der Waals surface area contributed by atoms with Gasteiger partial charge >= 0.3 is 0 Å². The molecule has 0 spiro atoms. The van der Waals surface area contributed by atoms with Crippen LogP contribution in [0.5, 0.6) is 0 Å². The highest BCUT2D eigenvalue weighted by molar-refractivity contribution is 9.11. The lowest BCUT2D eigenvalue weighted by Crippen LogP contribution is -1.78. The molecule has 0 radical (unpaired) electrons. The maximum Gasteiger partial charge on any atom is 0.0789 e. The zero-order chi connectivity index (χ0) is 13.5. The summed E-state index contributed by atoms with van der Waals surface area (Å²) in [4.78, 5) is 0. The van der Waals surface area contributed by atoms with Crippen molar-refractivity contribution in [3.63, 3.8) is 0 Å². The largest absolute Gasteiger partial charge is 0.128 e. The first-order chi connectivity index (χ1) is 9.83. The van der Waals surface area contributed by atoms with Gasteiger partial charge in [0.05, 0.1) is 3.79 Å². The molecule has 1 heterocycles. The Morgan fingerprint density at radius 1 is 0.750 bits per heavy atom. The van der Waals surface area contributed by atoms with Crippen molar-refractivity contribution in [3.05, 3.63) is 70.5 Å². The molecule has 0 N–H and O–H groups in total. The molecular formula is C18H11BrS. The topological polar surface area (TPSA) is 0 Å². The SMILES string of the molecule is Brc1sc2ccccc2c1-c1ccc2ccccc2c1. The van der Waals surface area contributed by atoms with Crippen LogP contribution < -0.4 is 0 Å². The van der Waals surface area contributed by atoms with E-state index in [1.54, 1.807) is 11.3 Å². The van der Waals surface area contributed by atoms with E-state index in [9.17, 15) is 0 Å². The maximum atomic E-state index is 3.73. The van der Waals surface area contributed by atoms with Gasteiger partial charge in [0.1, 0.15) is 0 Å². The highest BCUT2D eigenvalue weighted by Gasteiger charge is 2.11. The van der Waals surface area contributed by atoms with Gasteiger partial charge in [0.2, 0.25) is 0 Å². The fourth-order valence-corrected chi connectivity index (χ4v) is 4.54. The first-order valence-corrected chi connectivity index (χ1v) is 8.10. The lowest BCUT2D eigenvalue weighted by Gasteiger charge is -2.04. The van der Waals surface area contributed by atoms with Gasteiger partial charge in [0, 0.05) is 15.6 Å². The third-order valence-electron chi connectivity index (χ3n) is 3.59. The molecule has 0 unspecified atom stereocenters. The number of rotatable bonds is 1. The highest BCUT2D eigenvalue weighted by atomic mass is 79.9.